The highest BCUT2D eigenvalue weighted by Gasteiger charge is 2.11. The largest absolute Gasteiger partial charge is 0.379 e. The molecule has 59 heavy (non-hydrogen) atoms. The van der Waals surface area contributed by atoms with Crippen molar-refractivity contribution in [1.29, 1.82) is 0 Å². The Hall–Kier alpha value is -1.62. The lowest BCUT2D eigenvalue weighted by Crippen LogP contribution is -2.40. The maximum Gasteiger partial charge on any atom is 0.222 e. The van der Waals surface area contributed by atoms with Crippen LogP contribution in [0.15, 0.2) is 0 Å². The summed E-state index contributed by atoms with van der Waals surface area (Å²) in [5, 5.41) is 12.3. The van der Waals surface area contributed by atoms with Crippen LogP contribution in [0, 0.1) is 5.92 Å². The van der Waals surface area contributed by atoms with Crippen molar-refractivity contribution in [2.24, 2.45) is 5.92 Å². The van der Waals surface area contributed by atoms with Crippen molar-refractivity contribution in [1.82, 2.24) is 21.3 Å². The number of nitrogens with one attached hydrogen (secondary N) is 4. The average molecular weight is 857 g/mol. The lowest BCUT2D eigenvalue weighted by molar-refractivity contribution is -0.123. The minimum absolute atomic E-state index is 0.117. The number of carbonyl (C=O) groups is 2. The first-order chi connectivity index (χ1) is 29.0. The molecule has 352 valence electrons. The Kier molecular flexibility index (Phi) is 47.7. The van der Waals surface area contributed by atoms with E-state index >= 15 is 0 Å². The van der Waals surface area contributed by atoms with Crippen molar-refractivity contribution in [2.75, 3.05) is 191 Å². The van der Waals surface area contributed by atoms with Gasteiger partial charge in [-0.3, -0.25) is 9.59 Å². The van der Waals surface area contributed by atoms with Crippen LogP contribution >= 0.6 is 0 Å². The maximum atomic E-state index is 12.3. The topological polar surface area (TPSA) is 193 Å². The summed E-state index contributed by atoms with van der Waals surface area (Å²) in [7, 11) is 0. The summed E-state index contributed by atoms with van der Waals surface area (Å²) >= 11 is 0. The van der Waals surface area contributed by atoms with Gasteiger partial charge < -0.3 is 78.1 Å². The predicted molar refractivity (Wildman–Crippen MR) is 225 cm³/mol. The molecule has 0 saturated heterocycles. The summed E-state index contributed by atoms with van der Waals surface area (Å²) in [6.45, 7) is 23.3. The molecule has 0 aliphatic heterocycles. The van der Waals surface area contributed by atoms with Crippen molar-refractivity contribution in [3.63, 3.8) is 0 Å². The second-order valence-electron chi connectivity index (χ2n) is 13.7. The van der Waals surface area contributed by atoms with Gasteiger partial charge in [0, 0.05) is 52.2 Å². The quantitative estimate of drug-likeness (QED) is 0.0638. The van der Waals surface area contributed by atoms with Gasteiger partial charge in [0.25, 0.3) is 0 Å². The molecule has 18 nitrogen and oxygen atoms in total. The molecule has 0 saturated carbocycles. The van der Waals surface area contributed by atoms with E-state index in [1.54, 1.807) is 0 Å². The second-order valence-corrected chi connectivity index (χ2v) is 13.7. The molecular formula is C41H84N4O14. The van der Waals surface area contributed by atoms with Gasteiger partial charge in [-0.05, 0) is 25.3 Å². The van der Waals surface area contributed by atoms with Crippen molar-refractivity contribution >= 4 is 11.8 Å². The number of likely N-dealkylation sites (N-methyl/N-ethyl adjacent to an activating group) is 1. The fourth-order valence-corrected chi connectivity index (χ4v) is 4.61. The van der Waals surface area contributed by atoms with Crippen LogP contribution in [0.25, 0.3) is 0 Å². The van der Waals surface area contributed by atoms with Gasteiger partial charge >= 0.3 is 0 Å². The molecule has 0 aromatic rings. The van der Waals surface area contributed by atoms with Crippen LogP contribution in [0.1, 0.15) is 53.4 Å². The van der Waals surface area contributed by atoms with Gasteiger partial charge in [0.05, 0.1) is 151 Å². The molecule has 2 amide bonds. The molecule has 0 rings (SSSR count). The van der Waals surface area contributed by atoms with Crippen LogP contribution in [0.2, 0.25) is 0 Å². The van der Waals surface area contributed by atoms with E-state index in [-0.39, 0.29) is 43.9 Å². The van der Waals surface area contributed by atoms with Gasteiger partial charge in [-0.25, -0.2) is 0 Å². The van der Waals surface area contributed by atoms with Gasteiger partial charge in [-0.2, -0.15) is 0 Å². The third kappa shape index (κ3) is 48.9. The zero-order valence-corrected chi connectivity index (χ0v) is 37.2. The second kappa shape index (κ2) is 49.0. The molecule has 0 aliphatic carbocycles. The van der Waals surface area contributed by atoms with Crippen LogP contribution in [0.4, 0.5) is 0 Å². The fraction of sp³-hybridized carbons (Fsp3) is 0.951. The minimum atomic E-state index is -0.166. The highest BCUT2D eigenvalue weighted by atomic mass is 16.6. The first-order valence-electron chi connectivity index (χ1n) is 21.9. The Morgan fingerprint density at radius 2 is 0.763 bits per heavy atom. The normalized spacial score (nSPS) is 12.1. The summed E-state index contributed by atoms with van der Waals surface area (Å²) in [4.78, 5) is 24.5. The highest BCUT2D eigenvalue weighted by molar-refractivity contribution is 5.76. The van der Waals surface area contributed by atoms with Gasteiger partial charge in [0.15, 0.2) is 0 Å². The van der Waals surface area contributed by atoms with Crippen molar-refractivity contribution < 1.29 is 66.4 Å². The molecule has 0 fully saturated rings. The van der Waals surface area contributed by atoms with Gasteiger partial charge in [-0.1, -0.05) is 27.7 Å². The molecule has 1 unspecified atom stereocenters. The number of hydrogen-bond donors (Lipinski definition) is 4. The SMILES string of the molecule is CCCOCCOCCOCCNC(=O)CCOCC(COCCC(=O)NCCOCCOCCOCCC(C)C)NCCOCCOCCOCCOCCNCC. The van der Waals surface area contributed by atoms with E-state index in [0.29, 0.717) is 158 Å². The minimum Gasteiger partial charge on any atom is -0.379 e. The van der Waals surface area contributed by atoms with Gasteiger partial charge in [0.2, 0.25) is 11.8 Å². The lowest BCUT2D eigenvalue weighted by Gasteiger charge is -2.19. The molecule has 4 N–H and O–H groups in total. The van der Waals surface area contributed by atoms with Crippen LogP contribution in [0.3, 0.4) is 0 Å². The maximum absolute atomic E-state index is 12.3. The lowest BCUT2D eigenvalue weighted by atomic mass is 10.1. The third-order valence-electron chi connectivity index (χ3n) is 7.87. The van der Waals surface area contributed by atoms with E-state index in [1.807, 2.05) is 0 Å². The summed E-state index contributed by atoms with van der Waals surface area (Å²) in [5.74, 6) is 0.397. The molecule has 0 bridgehead atoms. The first kappa shape index (κ1) is 57.4. The summed E-state index contributed by atoms with van der Waals surface area (Å²) < 4.78 is 66.7. The molecule has 0 heterocycles. The summed E-state index contributed by atoms with van der Waals surface area (Å²) in [5.41, 5.74) is 0. The van der Waals surface area contributed by atoms with Crippen LogP contribution in [-0.2, 0) is 66.4 Å². The van der Waals surface area contributed by atoms with Crippen molar-refractivity contribution in [3.8, 4) is 0 Å². The fourth-order valence-electron chi connectivity index (χ4n) is 4.61. The molecule has 0 aromatic carbocycles. The monoisotopic (exact) mass is 857 g/mol. The predicted octanol–water partition coefficient (Wildman–Crippen LogP) is 1.22. The number of rotatable bonds is 50. The molecule has 18 heteroatoms. The van der Waals surface area contributed by atoms with E-state index in [0.717, 1.165) is 39.1 Å². The van der Waals surface area contributed by atoms with E-state index in [2.05, 4.69) is 49.0 Å². The molecule has 0 aromatic heterocycles. The van der Waals surface area contributed by atoms with E-state index in [9.17, 15) is 9.59 Å². The zero-order chi connectivity index (χ0) is 43.0. The first-order valence-corrected chi connectivity index (χ1v) is 21.9. The molecule has 0 radical (unpaired) electrons. The Labute approximate surface area is 355 Å². The standard InChI is InChI=1S/C41H84N4O14/c1-5-14-48-22-28-54-32-26-52-20-12-44-40(46)8-16-58-36-39(43-11-19-51-25-31-57-35-34-56-30-24-50-18-10-42-6-2)37-59-17-9-41(47)45-13-21-53-27-33-55-29-23-49-15-7-38(3)4/h38-39,42-43H,5-37H2,1-4H3,(H,44,46)(H,45,47). The Morgan fingerprint density at radius 3 is 1.15 bits per heavy atom. The number of ether oxygens (including phenoxy) is 12. The van der Waals surface area contributed by atoms with E-state index in [1.165, 1.54) is 0 Å². The number of hydrogen-bond acceptors (Lipinski definition) is 16. The van der Waals surface area contributed by atoms with Gasteiger partial charge in [-0.15, -0.1) is 0 Å². The van der Waals surface area contributed by atoms with Crippen LogP contribution in [0.5, 0.6) is 0 Å². The number of amides is 2. The van der Waals surface area contributed by atoms with E-state index < -0.39 is 0 Å². The summed E-state index contributed by atoms with van der Waals surface area (Å²) in [6.07, 6.45) is 2.47. The molecule has 0 spiro atoms. The Morgan fingerprint density at radius 1 is 0.407 bits per heavy atom. The van der Waals surface area contributed by atoms with Gasteiger partial charge in [0.1, 0.15) is 0 Å². The molecule has 0 aliphatic rings. The van der Waals surface area contributed by atoms with E-state index in [4.69, 9.17) is 56.8 Å². The number of carbonyl (C=O) groups excluding carboxylic acids is 2. The Balaban J connectivity index is 4.16. The molecule has 1 atom stereocenters. The summed E-state index contributed by atoms with van der Waals surface area (Å²) in [6, 6.07) is -0.166. The smallest absolute Gasteiger partial charge is 0.222 e. The Bertz CT molecular complexity index is 869. The van der Waals surface area contributed by atoms with Crippen LogP contribution < -0.4 is 21.3 Å². The van der Waals surface area contributed by atoms with Crippen LogP contribution in [-0.4, -0.2) is 209 Å². The highest BCUT2D eigenvalue weighted by Crippen LogP contribution is 1.98. The zero-order valence-electron chi connectivity index (χ0n) is 37.2. The third-order valence-corrected chi connectivity index (χ3v) is 7.87. The average Bonchev–Trinajstić information content (AvgIpc) is 3.22. The van der Waals surface area contributed by atoms with Crippen molar-refractivity contribution in [2.45, 2.75) is 59.4 Å². The van der Waals surface area contributed by atoms with Crippen molar-refractivity contribution in [3.05, 3.63) is 0 Å². The molecular weight excluding hydrogens is 772 g/mol.